The third kappa shape index (κ3) is 4.81. The third-order valence-corrected chi connectivity index (χ3v) is 12.4. The predicted octanol–water partition coefficient (Wildman–Crippen LogP) is 8.45. The molecular weight excluding hydrogens is 472 g/mol. The highest BCUT2D eigenvalue weighted by Crippen LogP contribution is 2.65. The number of esters is 2. The third-order valence-electron chi connectivity index (χ3n) is 12.4. The smallest absolute Gasteiger partial charge is 0.302 e. The summed E-state index contributed by atoms with van der Waals surface area (Å²) in [6.45, 7) is 26.7. The van der Waals surface area contributed by atoms with Crippen LogP contribution in [0.25, 0.3) is 0 Å². The molecule has 4 aliphatic rings. The van der Waals surface area contributed by atoms with E-state index in [0.29, 0.717) is 23.7 Å². The topological polar surface area (TPSA) is 52.6 Å². The van der Waals surface area contributed by atoms with Crippen molar-refractivity contribution in [1.29, 1.82) is 0 Å². The molecule has 0 aromatic rings. The molecule has 214 valence electrons. The van der Waals surface area contributed by atoms with E-state index in [4.69, 9.17) is 9.47 Å². The van der Waals surface area contributed by atoms with Crippen LogP contribution >= 0.6 is 0 Å². The summed E-state index contributed by atoms with van der Waals surface area (Å²) >= 11 is 0. The molecule has 4 heteroatoms. The Morgan fingerprint density at radius 1 is 0.684 bits per heavy atom. The number of rotatable bonds is 5. The van der Waals surface area contributed by atoms with Crippen LogP contribution in [0, 0.1) is 45.3 Å². The summed E-state index contributed by atoms with van der Waals surface area (Å²) in [5, 5.41) is 0. The highest BCUT2D eigenvalue weighted by atomic mass is 16.5. The van der Waals surface area contributed by atoms with Gasteiger partial charge in [0.15, 0.2) is 0 Å². The van der Waals surface area contributed by atoms with Crippen LogP contribution in [0.2, 0.25) is 0 Å². The molecule has 8 atom stereocenters. The summed E-state index contributed by atoms with van der Waals surface area (Å²) in [5.41, 5.74) is 3.13. The number of hydrogen-bond acceptors (Lipinski definition) is 4. The van der Waals surface area contributed by atoms with Gasteiger partial charge in [-0.05, 0) is 98.7 Å². The lowest BCUT2D eigenvalue weighted by Crippen LogP contribution is -2.56. The van der Waals surface area contributed by atoms with Gasteiger partial charge in [0, 0.05) is 24.7 Å². The molecule has 0 spiro atoms. The molecule has 38 heavy (non-hydrogen) atoms. The summed E-state index contributed by atoms with van der Waals surface area (Å²) in [4.78, 5) is 23.7. The molecule has 0 bridgehead atoms. The predicted molar refractivity (Wildman–Crippen MR) is 153 cm³/mol. The van der Waals surface area contributed by atoms with Gasteiger partial charge in [-0.2, -0.15) is 0 Å². The van der Waals surface area contributed by atoms with Gasteiger partial charge in [0.25, 0.3) is 0 Å². The van der Waals surface area contributed by atoms with E-state index in [1.807, 2.05) is 0 Å². The molecule has 4 aliphatic carbocycles. The average molecular weight is 527 g/mol. The minimum absolute atomic E-state index is 0.00230. The average Bonchev–Trinajstić information content (AvgIpc) is 2.78. The molecule has 0 saturated heterocycles. The fraction of sp³-hybridized carbons (Fsp3) is 0.824. The SMILES string of the molecule is C=C1CC[C@H]2C(C)(C)C(OC(C)=O)CC[C@]2(C)C1CCC1C(=C)CC[C@H]2C(C)(C)C(OC(C)=O)CC[C@]12C. The number of fused-ring (bicyclic) bond motifs is 2. The monoisotopic (exact) mass is 526 g/mol. The Morgan fingerprint density at radius 2 is 1.03 bits per heavy atom. The maximum atomic E-state index is 11.9. The second kappa shape index (κ2) is 10.1. The first-order chi connectivity index (χ1) is 17.5. The van der Waals surface area contributed by atoms with Crippen molar-refractivity contribution in [3.05, 3.63) is 24.3 Å². The second-order valence-electron chi connectivity index (χ2n) is 15.1. The van der Waals surface area contributed by atoms with Crippen molar-refractivity contribution in [3.63, 3.8) is 0 Å². The van der Waals surface area contributed by atoms with Crippen LogP contribution in [-0.2, 0) is 19.1 Å². The number of carbonyl (C=O) groups excluding carboxylic acids is 2. The quantitative estimate of drug-likeness (QED) is 0.266. The Balaban J connectivity index is 1.55. The Bertz CT molecular complexity index is 897. The fourth-order valence-corrected chi connectivity index (χ4v) is 10.5. The summed E-state index contributed by atoms with van der Waals surface area (Å²) < 4.78 is 11.7. The van der Waals surface area contributed by atoms with Crippen LogP contribution in [0.3, 0.4) is 0 Å². The lowest BCUT2D eigenvalue weighted by Gasteiger charge is -2.61. The fourth-order valence-electron chi connectivity index (χ4n) is 10.5. The molecule has 0 aromatic carbocycles. The van der Waals surface area contributed by atoms with Crippen molar-refractivity contribution >= 4 is 11.9 Å². The molecule has 4 rings (SSSR count). The zero-order chi connectivity index (χ0) is 28.3. The van der Waals surface area contributed by atoms with E-state index in [-0.39, 0.29) is 45.8 Å². The minimum Gasteiger partial charge on any atom is -0.462 e. The Hall–Kier alpha value is -1.58. The van der Waals surface area contributed by atoms with Gasteiger partial charge < -0.3 is 9.47 Å². The summed E-state index contributed by atoms with van der Waals surface area (Å²) in [7, 11) is 0. The molecule has 0 radical (unpaired) electrons. The summed E-state index contributed by atoms with van der Waals surface area (Å²) in [6, 6.07) is 0. The van der Waals surface area contributed by atoms with Gasteiger partial charge in [0.1, 0.15) is 12.2 Å². The number of allylic oxidation sites excluding steroid dienone is 2. The zero-order valence-electron chi connectivity index (χ0n) is 25.6. The molecule has 4 saturated carbocycles. The van der Waals surface area contributed by atoms with Crippen molar-refractivity contribution in [3.8, 4) is 0 Å². The van der Waals surface area contributed by atoms with Gasteiger partial charge >= 0.3 is 11.9 Å². The van der Waals surface area contributed by atoms with Gasteiger partial charge in [-0.25, -0.2) is 0 Å². The van der Waals surface area contributed by atoms with E-state index in [9.17, 15) is 9.59 Å². The first-order valence-corrected chi connectivity index (χ1v) is 15.2. The standard InChI is InChI=1S/C34H54O4/c1-21-11-15-27-31(5,6)29(37-23(3)35)17-19-33(27,9)25(21)13-14-26-22(2)12-16-28-32(7,8)30(38-24(4)36)18-20-34(26,28)10/h25-30H,1-2,11-20H2,3-10H3/t25?,26?,27-,28-,29?,30?,33+,34+/m0/s1. The van der Waals surface area contributed by atoms with E-state index >= 15 is 0 Å². The van der Waals surface area contributed by atoms with E-state index < -0.39 is 0 Å². The van der Waals surface area contributed by atoms with Crippen LogP contribution in [0.15, 0.2) is 24.3 Å². The molecule has 0 N–H and O–H groups in total. The van der Waals surface area contributed by atoms with E-state index in [0.717, 1.165) is 64.2 Å². The summed E-state index contributed by atoms with van der Waals surface area (Å²) in [5.74, 6) is 1.68. The Kier molecular flexibility index (Phi) is 7.82. The van der Waals surface area contributed by atoms with Crippen molar-refractivity contribution in [1.82, 2.24) is 0 Å². The highest BCUT2D eigenvalue weighted by molar-refractivity contribution is 5.66. The number of carbonyl (C=O) groups is 2. The van der Waals surface area contributed by atoms with E-state index in [2.05, 4.69) is 54.7 Å². The van der Waals surface area contributed by atoms with Crippen molar-refractivity contribution < 1.29 is 19.1 Å². The van der Waals surface area contributed by atoms with Crippen molar-refractivity contribution in [2.45, 2.75) is 132 Å². The van der Waals surface area contributed by atoms with Gasteiger partial charge in [-0.1, -0.05) is 65.8 Å². The number of hydrogen-bond donors (Lipinski definition) is 0. The normalized spacial score (nSPS) is 42.0. The lowest BCUT2D eigenvalue weighted by molar-refractivity contribution is -0.177. The van der Waals surface area contributed by atoms with Crippen LogP contribution in [0.1, 0.15) is 120 Å². The minimum atomic E-state index is -0.159. The molecule has 4 nitrogen and oxygen atoms in total. The van der Waals surface area contributed by atoms with Gasteiger partial charge in [-0.3, -0.25) is 9.59 Å². The molecule has 4 fully saturated rings. The Labute approximate surface area is 232 Å². The van der Waals surface area contributed by atoms with Gasteiger partial charge in [0.2, 0.25) is 0 Å². The lowest BCUT2D eigenvalue weighted by atomic mass is 9.44. The van der Waals surface area contributed by atoms with Gasteiger partial charge in [0.05, 0.1) is 0 Å². The van der Waals surface area contributed by atoms with Crippen LogP contribution in [0.5, 0.6) is 0 Å². The molecule has 0 amide bonds. The van der Waals surface area contributed by atoms with Crippen LogP contribution < -0.4 is 0 Å². The molecule has 0 heterocycles. The largest absolute Gasteiger partial charge is 0.462 e. The van der Waals surface area contributed by atoms with Crippen LogP contribution in [-0.4, -0.2) is 24.1 Å². The molecular formula is C34H54O4. The van der Waals surface area contributed by atoms with Crippen LogP contribution in [0.4, 0.5) is 0 Å². The molecule has 0 aliphatic heterocycles. The first-order valence-electron chi connectivity index (χ1n) is 15.2. The molecule has 0 aromatic heterocycles. The van der Waals surface area contributed by atoms with E-state index in [1.54, 1.807) is 13.8 Å². The molecule has 4 unspecified atom stereocenters. The highest BCUT2D eigenvalue weighted by Gasteiger charge is 2.59. The maximum absolute atomic E-state index is 11.9. The summed E-state index contributed by atoms with van der Waals surface area (Å²) in [6.07, 6.45) is 10.8. The van der Waals surface area contributed by atoms with Gasteiger partial charge in [-0.15, -0.1) is 0 Å². The maximum Gasteiger partial charge on any atom is 0.302 e. The first kappa shape index (κ1) is 29.4. The number of ether oxygens (including phenoxy) is 2. The van der Waals surface area contributed by atoms with Crippen molar-refractivity contribution in [2.24, 2.45) is 45.3 Å². The Morgan fingerprint density at radius 3 is 1.34 bits per heavy atom. The zero-order valence-corrected chi connectivity index (χ0v) is 25.6. The van der Waals surface area contributed by atoms with Crippen molar-refractivity contribution in [2.75, 3.05) is 0 Å². The van der Waals surface area contributed by atoms with E-state index in [1.165, 1.54) is 11.1 Å². The second-order valence-corrected chi connectivity index (χ2v) is 15.1.